The minimum atomic E-state index is -3.83. The minimum absolute atomic E-state index is 0.0146. The average Bonchev–Trinajstić information content (AvgIpc) is 2.85. The molecule has 0 radical (unpaired) electrons. The fourth-order valence-electron chi connectivity index (χ4n) is 3.52. The van der Waals surface area contributed by atoms with Gasteiger partial charge in [0.1, 0.15) is 0 Å². The molecule has 0 spiro atoms. The van der Waals surface area contributed by atoms with Gasteiger partial charge in [-0.3, -0.25) is 9.59 Å². The van der Waals surface area contributed by atoms with Crippen LogP contribution in [0.3, 0.4) is 0 Å². The quantitative estimate of drug-likeness (QED) is 0.347. The standard InChI is InChI=1S/C27H28Cl2N2O4S/c1-18(27(2,3)4)31(26(33)20-14-15-23(28)24(29)17-20)30(5)25(32)19-10-9-13-22(16-19)36(34,35)21-11-7-6-8-12-21/h6-18H,1-5H3. The lowest BCUT2D eigenvalue weighted by Gasteiger charge is -2.42. The lowest BCUT2D eigenvalue weighted by Crippen LogP contribution is -2.55. The second kappa shape index (κ2) is 10.6. The highest BCUT2D eigenvalue weighted by molar-refractivity contribution is 7.91. The number of carbonyl (C=O) groups excluding carboxylic acids is 2. The molecular formula is C27H28Cl2N2O4S. The van der Waals surface area contributed by atoms with E-state index in [-0.39, 0.29) is 31.4 Å². The molecule has 0 fully saturated rings. The van der Waals surface area contributed by atoms with Gasteiger partial charge in [-0.15, -0.1) is 0 Å². The van der Waals surface area contributed by atoms with E-state index in [1.165, 1.54) is 65.6 Å². The molecule has 190 valence electrons. The fourth-order valence-corrected chi connectivity index (χ4v) is 5.14. The Kier molecular flexibility index (Phi) is 8.18. The Balaban J connectivity index is 2.02. The van der Waals surface area contributed by atoms with E-state index >= 15 is 0 Å². The number of sulfone groups is 1. The molecule has 3 aromatic rings. The van der Waals surface area contributed by atoms with E-state index in [1.54, 1.807) is 24.3 Å². The third-order valence-corrected chi connectivity index (χ3v) is 8.56. The molecule has 0 aliphatic rings. The molecule has 0 N–H and O–H groups in total. The number of hydrogen-bond acceptors (Lipinski definition) is 4. The van der Waals surface area contributed by atoms with Crippen LogP contribution in [0.1, 0.15) is 48.4 Å². The molecule has 0 heterocycles. The highest BCUT2D eigenvalue weighted by Gasteiger charge is 2.36. The maximum absolute atomic E-state index is 13.6. The number of hydrogen-bond donors (Lipinski definition) is 0. The molecule has 1 atom stereocenters. The van der Waals surface area contributed by atoms with Crippen LogP contribution in [0.25, 0.3) is 0 Å². The molecule has 0 aromatic heterocycles. The lowest BCUT2D eigenvalue weighted by atomic mass is 9.87. The predicted molar refractivity (Wildman–Crippen MR) is 142 cm³/mol. The first kappa shape index (κ1) is 27.7. The van der Waals surface area contributed by atoms with Crippen LogP contribution in [0, 0.1) is 5.41 Å². The van der Waals surface area contributed by atoms with Gasteiger partial charge in [-0.2, -0.15) is 0 Å². The van der Waals surface area contributed by atoms with Crippen LogP contribution in [0.5, 0.6) is 0 Å². The zero-order chi connectivity index (χ0) is 26.8. The van der Waals surface area contributed by atoms with Crippen molar-refractivity contribution in [2.24, 2.45) is 5.41 Å². The molecule has 6 nitrogen and oxygen atoms in total. The van der Waals surface area contributed by atoms with Crippen molar-refractivity contribution >= 4 is 44.9 Å². The summed E-state index contributed by atoms with van der Waals surface area (Å²) in [5, 5.41) is 3.11. The summed E-state index contributed by atoms with van der Waals surface area (Å²) >= 11 is 12.2. The van der Waals surface area contributed by atoms with Crippen molar-refractivity contribution in [2.45, 2.75) is 43.5 Å². The normalized spacial score (nSPS) is 12.6. The van der Waals surface area contributed by atoms with E-state index in [2.05, 4.69) is 0 Å². The van der Waals surface area contributed by atoms with Crippen molar-refractivity contribution in [1.82, 2.24) is 10.0 Å². The van der Waals surface area contributed by atoms with E-state index in [9.17, 15) is 18.0 Å². The minimum Gasteiger partial charge on any atom is -0.267 e. The van der Waals surface area contributed by atoms with Gasteiger partial charge in [0.2, 0.25) is 9.84 Å². The third kappa shape index (κ3) is 5.75. The van der Waals surface area contributed by atoms with Gasteiger partial charge in [0.15, 0.2) is 0 Å². The number of benzene rings is 3. The monoisotopic (exact) mass is 546 g/mol. The number of amides is 2. The Hall–Kier alpha value is -2.87. The van der Waals surface area contributed by atoms with Crippen molar-refractivity contribution in [3.8, 4) is 0 Å². The molecule has 9 heteroatoms. The van der Waals surface area contributed by atoms with E-state index in [1.807, 2.05) is 27.7 Å². The van der Waals surface area contributed by atoms with Crippen molar-refractivity contribution in [2.75, 3.05) is 7.05 Å². The zero-order valence-corrected chi connectivity index (χ0v) is 23.0. The number of rotatable bonds is 5. The summed E-state index contributed by atoms with van der Waals surface area (Å²) in [5.41, 5.74) is 0.00180. The Morgan fingerprint density at radius 2 is 1.36 bits per heavy atom. The summed E-state index contributed by atoms with van der Waals surface area (Å²) in [5.74, 6) is -0.982. The van der Waals surface area contributed by atoms with Crippen LogP contribution < -0.4 is 0 Å². The van der Waals surface area contributed by atoms with Gasteiger partial charge in [-0.05, 0) is 60.9 Å². The first-order valence-corrected chi connectivity index (χ1v) is 13.5. The third-order valence-electron chi connectivity index (χ3n) is 6.06. The number of halogens is 2. The Bertz CT molecular complexity index is 1390. The van der Waals surface area contributed by atoms with Crippen LogP contribution in [0.4, 0.5) is 0 Å². The molecule has 2 amide bonds. The second-order valence-corrected chi connectivity index (χ2v) is 12.3. The summed E-state index contributed by atoms with van der Waals surface area (Å²) in [6, 6.07) is 17.9. The van der Waals surface area contributed by atoms with E-state index in [4.69, 9.17) is 23.2 Å². The molecule has 0 saturated carbocycles. The van der Waals surface area contributed by atoms with Gasteiger partial charge >= 0.3 is 0 Å². The van der Waals surface area contributed by atoms with Crippen molar-refractivity contribution in [3.63, 3.8) is 0 Å². The highest BCUT2D eigenvalue weighted by atomic mass is 35.5. The Morgan fingerprint density at radius 1 is 0.778 bits per heavy atom. The van der Waals surface area contributed by atoms with Gasteiger partial charge in [-0.1, -0.05) is 68.2 Å². The Morgan fingerprint density at radius 3 is 1.94 bits per heavy atom. The first-order valence-electron chi connectivity index (χ1n) is 11.2. The molecule has 1 unspecified atom stereocenters. The lowest BCUT2D eigenvalue weighted by molar-refractivity contribution is -0.0301. The number of hydrazine groups is 1. The molecule has 0 bridgehead atoms. The molecule has 0 aliphatic carbocycles. The molecule has 0 saturated heterocycles. The molecule has 3 aromatic carbocycles. The summed E-state index contributed by atoms with van der Waals surface area (Å²) in [4.78, 5) is 27.3. The smallest absolute Gasteiger partial charge is 0.267 e. The topological polar surface area (TPSA) is 74.8 Å². The molecule has 0 aliphatic heterocycles. The molecular weight excluding hydrogens is 519 g/mol. The highest BCUT2D eigenvalue weighted by Crippen LogP contribution is 2.30. The van der Waals surface area contributed by atoms with Crippen LogP contribution in [-0.4, -0.2) is 43.3 Å². The van der Waals surface area contributed by atoms with Crippen LogP contribution in [-0.2, 0) is 9.84 Å². The predicted octanol–water partition coefficient (Wildman–Crippen LogP) is 6.39. The molecule has 36 heavy (non-hydrogen) atoms. The van der Waals surface area contributed by atoms with Crippen molar-refractivity contribution in [3.05, 3.63) is 94.0 Å². The zero-order valence-electron chi connectivity index (χ0n) is 20.7. The second-order valence-electron chi connectivity index (χ2n) is 9.49. The van der Waals surface area contributed by atoms with E-state index in [0.717, 1.165) is 0 Å². The van der Waals surface area contributed by atoms with E-state index < -0.39 is 27.7 Å². The largest absolute Gasteiger partial charge is 0.272 e. The van der Waals surface area contributed by atoms with Gasteiger partial charge < -0.3 is 0 Å². The fraction of sp³-hybridized carbons (Fsp3) is 0.259. The maximum atomic E-state index is 13.6. The maximum Gasteiger partial charge on any atom is 0.272 e. The Labute approximate surface area is 222 Å². The van der Waals surface area contributed by atoms with Crippen LogP contribution in [0.2, 0.25) is 10.0 Å². The van der Waals surface area contributed by atoms with Crippen LogP contribution >= 0.6 is 23.2 Å². The molecule has 3 rings (SSSR count). The van der Waals surface area contributed by atoms with Crippen LogP contribution in [0.15, 0.2) is 82.6 Å². The summed E-state index contributed by atoms with van der Waals surface area (Å²) in [6.07, 6.45) is 0. The summed E-state index contributed by atoms with van der Waals surface area (Å²) in [6.45, 7) is 7.71. The SMILES string of the molecule is CC(N(C(=O)c1ccc(Cl)c(Cl)c1)N(C)C(=O)c1cccc(S(=O)(=O)c2ccccc2)c1)C(C)(C)C. The number of carbonyl (C=O) groups is 2. The first-order chi connectivity index (χ1) is 16.7. The summed E-state index contributed by atoms with van der Waals surface area (Å²) in [7, 11) is -2.34. The summed E-state index contributed by atoms with van der Waals surface area (Å²) < 4.78 is 26.2. The average molecular weight is 548 g/mol. The van der Waals surface area contributed by atoms with Gasteiger partial charge in [0.25, 0.3) is 11.8 Å². The van der Waals surface area contributed by atoms with Gasteiger partial charge in [0.05, 0.1) is 25.9 Å². The number of nitrogens with zero attached hydrogens (tertiary/aromatic N) is 2. The van der Waals surface area contributed by atoms with Gasteiger partial charge in [0, 0.05) is 18.2 Å². The van der Waals surface area contributed by atoms with Crippen molar-refractivity contribution in [1.29, 1.82) is 0 Å². The van der Waals surface area contributed by atoms with Gasteiger partial charge in [-0.25, -0.2) is 18.4 Å². The van der Waals surface area contributed by atoms with E-state index in [0.29, 0.717) is 5.02 Å². The van der Waals surface area contributed by atoms with Crippen molar-refractivity contribution < 1.29 is 18.0 Å².